The predicted octanol–water partition coefficient (Wildman–Crippen LogP) is 4.79. The highest BCUT2D eigenvalue weighted by Crippen LogP contribution is 2.56. The Balaban J connectivity index is 0.00000196. The summed E-state index contributed by atoms with van der Waals surface area (Å²) >= 11 is 2.43. The number of thiophene rings is 1. The number of thiazole rings is 1. The molecule has 0 aromatic carbocycles. The second-order valence-corrected chi connectivity index (χ2v) is 8.89. The van der Waals surface area contributed by atoms with E-state index in [9.17, 15) is 13.2 Å². The van der Waals surface area contributed by atoms with Crippen LogP contribution in [0.5, 0.6) is 0 Å². The van der Waals surface area contributed by atoms with Gasteiger partial charge < -0.3 is 5.32 Å². The highest BCUT2D eigenvalue weighted by atomic mass is 35.5. The van der Waals surface area contributed by atoms with E-state index in [1.165, 1.54) is 11.8 Å². The van der Waals surface area contributed by atoms with Crippen molar-refractivity contribution in [3.63, 3.8) is 0 Å². The number of hydrogen-bond donors (Lipinski definition) is 1. The van der Waals surface area contributed by atoms with Gasteiger partial charge in [-0.2, -0.15) is 24.5 Å². The van der Waals surface area contributed by atoms with Gasteiger partial charge in [-0.25, -0.2) is 4.98 Å². The summed E-state index contributed by atoms with van der Waals surface area (Å²) in [5.41, 5.74) is 1.60. The maximum absolute atomic E-state index is 12.8. The lowest BCUT2D eigenvalue weighted by Crippen LogP contribution is -2.35. The van der Waals surface area contributed by atoms with E-state index in [1.54, 1.807) is 11.3 Å². The molecule has 1 unspecified atom stereocenters. The van der Waals surface area contributed by atoms with Gasteiger partial charge in [0.1, 0.15) is 0 Å². The molecule has 2 aliphatic rings. The van der Waals surface area contributed by atoms with E-state index in [-0.39, 0.29) is 12.4 Å². The molecule has 9 heteroatoms. The highest BCUT2D eigenvalue weighted by Gasteiger charge is 2.56. The zero-order valence-corrected chi connectivity index (χ0v) is 16.5. The first-order chi connectivity index (χ1) is 12.0. The average molecular weight is 424 g/mol. The molecule has 3 heterocycles. The topological polar surface area (TPSA) is 28.2 Å². The van der Waals surface area contributed by atoms with Crippen LogP contribution in [0.2, 0.25) is 0 Å². The van der Waals surface area contributed by atoms with Crippen LogP contribution >= 0.6 is 35.1 Å². The molecule has 1 N–H and O–H groups in total. The third-order valence-corrected chi connectivity index (χ3v) is 7.07. The quantitative estimate of drug-likeness (QED) is 0.749. The minimum Gasteiger partial charge on any atom is -0.317 e. The molecule has 2 aromatic heterocycles. The lowest BCUT2D eigenvalue weighted by Gasteiger charge is -2.29. The van der Waals surface area contributed by atoms with Crippen LogP contribution in [0, 0.1) is 5.41 Å². The Bertz CT molecular complexity index is 711. The Morgan fingerprint density at radius 2 is 2.04 bits per heavy atom. The van der Waals surface area contributed by atoms with Gasteiger partial charge in [0.05, 0.1) is 0 Å². The maximum Gasteiger partial charge on any atom is 0.443 e. The van der Waals surface area contributed by atoms with Crippen LogP contribution in [-0.2, 0) is 19.3 Å². The van der Waals surface area contributed by atoms with Crippen LogP contribution in [0.4, 0.5) is 13.2 Å². The van der Waals surface area contributed by atoms with Crippen LogP contribution in [0.3, 0.4) is 0 Å². The first-order valence-corrected chi connectivity index (χ1v) is 10.2. The number of nitrogens with zero attached hydrogens (tertiary/aromatic N) is 2. The molecule has 1 saturated heterocycles. The molecule has 0 radical (unpaired) electrons. The summed E-state index contributed by atoms with van der Waals surface area (Å²) < 4.78 is 38.5. The Morgan fingerprint density at radius 1 is 1.27 bits per heavy atom. The number of nitrogens with one attached hydrogen (secondary N) is 1. The zero-order valence-electron chi connectivity index (χ0n) is 14.1. The first kappa shape index (κ1) is 20.1. The summed E-state index contributed by atoms with van der Waals surface area (Å²) in [5, 5.41) is 6.83. The Morgan fingerprint density at radius 3 is 2.65 bits per heavy atom. The molecule has 1 aliphatic heterocycles. The van der Waals surface area contributed by atoms with Crippen molar-refractivity contribution in [2.24, 2.45) is 5.41 Å². The van der Waals surface area contributed by atoms with Crippen molar-refractivity contribution >= 4 is 35.1 Å². The smallest absolute Gasteiger partial charge is 0.317 e. The molecule has 2 aromatic rings. The largest absolute Gasteiger partial charge is 0.443 e. The Kier molecular flexibility index (Phi) is 5.99. The molecule has 1 aliphatic carbocycles. The zero-order chi connectivity index (χ0) is 17.5. The Labute approximate surface area is 165 Å². The van der Waals surface area contributed by atoms with Crippen LogP contribution in [-0.4, -0.2) is 29.0 Å². The van der Waals surface area contributed by atoms with Crippen LogP contribution in [0.1, 0.15) is 34.7 Å². The fourth-order valence-electron chi connectivity index (χ4n) is 3.91. The van der Waals surface area contributed by atoms with Gasteiger partial charge in [0, 0.05) is 30.2 Å². The van der Waals surface area contributed by atoms with E-state index >= 15 is 0 Å². The third kappa shape index (κ3) is 4.25. The molecule has 0 bridgehead atoms. The monoisotopic (exact) mass is 423 g/mol. The van der Waals surface area contributed by atoms with Crippen molar-refractivity contribution in [2.75, 3.05) is 13.1 Å². The molecule has 3 nitrogen and oxygen atoms in total. The molecular weight excluding hydrogens is 403 g/mol. The number of alkyl halides is 3. The maximum atomic E-state index is 12.8. The van der Waals surface area contributed by atoms with Gasteiger partial charge >= 0.3 is 6.18 Å². The molecule has 144 valence electrons. The van der Waals surface area contributed by atoms with Gasteiger partial charge in [0.15, 0.2) is 5.01 Å². The molecule has 2 fully saturated rings. The van der Waals surface area contributed by atoms with Gasteiger partial charge in [-0.15, -0.1) is 23.7 Å². The van der Waals surface area contributed by atoms with Gasteiger partial charge in [0.25, 0.3) is 0 Å². The van der Waals surface area contributed by atoms with Crippen molar-refractivity contribution in [3.8, 4) is 0 Å². The van der Waals surface area contributed by atoms with E-state index in [0.717, 1.165) is 50.2 Å². The summed E-state index contributed by atoms with van der Waals surface area (Å²) in [4.78, 5) is 6.64. The van der Waals surface area contributed by atoms with E-state index in [0.29, 0.717) is 22.9 Å². The van der Waals surface area contributed by atoms with E-state index in [2.05, 4.69) is 32.0 Å². The fourth-order valence-corrected chi connectivity index (χ4v) is 5.37. The number of aromatic nitrogens is 1. The van der Waals surface area contributed by atoms with Gasteiger partial charge in [0.2, 0.25) is 0 Å². The van der Waals surface area contributed by atoms with Crippen LogP contribution < -0.4 is 5.32 Å². The lowest BCUT2D eigenvalue weighted by atomic mass is 9.93. The van der Waals surface area contributed by atoms with Gasteiger partial charge in [-0.1, -0.05) is 0 Å². The van der Waals surface area contributed by atoms with Crippen LogP contribution in [0.15, 0.2) is 23.0 Å². The lowest BCUT2D eigenvalue weighted by molar-refractivity contribution is -0.137. The minimum absolute atomic E-state index is 0. The molecule has 1 spiro atoms. The summed E-state index contributed by atoms with van der Waals surface area (Å²) in [5.74, 6) is 0. The van der Waals surface area contributed by atoms with Gasteiger partial charge in [-0.3, -0.25) is 4.90 Å². The van der Waals surface area contributed by atoms with E-state index in [4.69, 9.17) is 0 Å². The molecule has 1 saturated carbocycles. The summed E-state index contributed by atoms with van der Waals surface area (Å²) in [6.07, 6.45) is 0.523. The number of hydrogen-bond acceptors (Lipinski definition) is 5. The van der Waals surface area contributed by atoms with Gasteiger partial charge in [-0.05, 0) is 60.2 Å². The molecule has 26 heavy (non-hydrogen) atoms. The summed E-state index contributed by atoms with van der Waals surface area (Å²) in [6, 6.07) is 2.56. The highest BCUT2D eigenvalue weighted by molar-refractivity contribution is 7.11. The normalized spacial score (nSPS) is 21.8. The number of piperidine rings is 1. The second kappa shape index (κ2) is 7.75. The first-order valence-electron chi connectivity index (χ1n) is 8.44. The van der Waals surface area contributed by atoms with Crippen molar-refractivity contribution in [2.45, 2.75) is 44.6 Å². The summed E-state index contributed by atoms with van der Waals surface area (Å²) in [6.45, 7) is 3.43. The second-order valence-electron chi connectivity index (χ2n) is 7.00. The molecular formula is C17H21ClF3N3S2. The summed E-state index contributed by atoms with van der Waals surface area (Å²) in [7, 11) is 0. The Hall–Kier alpha value is -0.670. The fraction of sp³-hybridized carbons (Fsp3) is 0.588. The molecule has 4 rings (SSSR count). The van der Waals surface area contributed by atoms with Crippen molar-refractivity contribution in [3.05, 3.63) is 38.5 Å². The van der Waals surface area contributed by atoms with Crippen molar-refractivity contribution in [1.82, 2.24) is 15.2 Å². The molecule has 0 amide bonds. The van der Waals surface area contributed by atoms with Crippen molar-refractivity contribution < 1.29 is 13.2 Å². The minimum atomic E-state index is -4.35. The average Bonchev–Trinajstić information content (AvgIpc) is 3.00. The standard InChI is InChI=1S/C17H20F3N3S2.ClH/c18-17(19,20)15-22-8-13(25-15)10-23(9-12-1-6-24-11-12)14-7-16(14)2-4-21-5-3-16;/h1,6,8,11,14,21H,2-5,7,9-10H2;1H. The number of halogens is 4. The SMILES string of the molecule is Cl.FC(F)(F)c1ncc(CN(Cc2ccsc2)C2CC23CCNCC3)s1. The molecule has 1 atom stereocenters. The van der Waals surface area contributed by atoms with Crippen molar-refractivity contribution in [1.29, 1.82) is 0 Å². The van der Waals surface area contributed by atoms with E-state index in [1.807, 2.05) is 0 Å². The van der Waals surface area contributed by atoms with Crippen LogP contribution in [0.25, 0.3) is 0 Å². The van der Waals surface area contributed by atoms with E-state index < -0.39 is 11.2 Å². The predicted molar refractivity (Wildman–Crippen MR) is 101 cm³/mol. The number of rotatable bonds is 5. The third-order valence-electron chi connectivity index (χ3n) is 5.31.